The van der Waals surface area contributed by atoms with Gasteiger partial charge in [-0.05, 0) is 52.6 Å². The molecule has 6 nitrogen and oxygen atoms in total. The molecule has 3 amide bonds. The number of nitrogens with one attached hydrogen (secondary N) is 1. The van der Waals surface area contributed by atoms with Crippen LogP contribution in [0.1, 0.15) is 24.5 Å². The van der Waals surface area contributed by atoms with Gasteiger partial charge < -0.3 is 14.8 Å². The van der Waals surface area contributed by atoms with Gasteiger partial charge in [0.1, 0.15) is 12.3 Å². The number of carbonyl (C=O) groups excluding carboxylic acids is 2. The minimum atomic E-state index is -0.389. The second-order valence-corrected chi connectivity index (χ2v) is 7.33. The summed E-state index contributed by atoms with van der Waals surface area (Å²) in [7, 11) is 1.57. The SMILES string of the molecule is CCCN1C(=O)N/C(=C/c2ccc(OCc3ccc4ccccc4c3)c(OC)c2)C1=O. The fourth-order valence-electron chi connectivity index (χ4n) is 3.55. The number of hydrogen-bond donors (Lipinski definition) is 1. The fourth-order valence-corrected chi connectivity index (χ4v) is 3.55. The van der Waals surface area contributed by atoms with Crippen molar-refractivity contribution >= 4 is 28.8 Å². The number of methoxy groups -OCH3 is 1. The number of imide groups is 1. The summed E-state index contributed by atoms with van der Waals surface area (Å²) in [6.45, 7) is 2.72. The Hall–Kier alpha value is -3.80. The van der Waals surface area contributed by atoms with E-state index in [-0.39, 0.29) is 17.6 Å². The van der Waals surface area contributed by atoms with Crippen LogP contribution in [0.15, 0.2) is 66.4 Å². The monoisotopic (exact) mass is 416 g/mol. The first-order valence-electron chi connectivity index (χ1n) is 10.2. The van der Waals surface area contributed by atoms with Crippen LogP contribution < -0.4 is 14.8 Å². The Labute approximate surface area is 181 Å². The van der Waals surface area contributed by atoms with Crippen molar-refractivity contribution in [2.45, 2.75) is 20.0 Å². The van der Waals surface area contributed by atoms with Gasteiger partial charge in [0.25, 0.3) is 5.91 Å². The van der Waals surface area contributed by atoms with Gasteiger partial charge in [0, 0.05) is 6.54 Å². The molecule has 1 saturated heterocycles. The lowest BCUT2D eigenvalue weighted by Gasteiger charge is -2.12. The van der Waals surface area contributed by atoms with E-state index in [0.29, 0.717) is 31.1 Å². The molecule has 0 aromatic heterocycles. The second kappa shape index (κ2) is 8.92. The molecule has 0 unspecified atom stereocenters. The van der Waals surface area contributed by atoms with E-state index in [1.54, 1.807) is 25.3 Å². The first-order valence-corrected chi connectivity index (χ1v) is 10.2. The maximum atomic E-state index is 12.4. The Bertz CT molecular complexity index is 1170. The molecule has 1 heterocycles. The summed E-state index contributed by atoms with van der Waals surface area (Å²) in [5, 5.41) is 4.98. The zero-order valence-electron chi connectivity index (χ0n) is 17.6. The average molecular weight is 416 g/mol. The maximum absolute atomic E-state index is 12.4. The molecule has 4 rings (SSSR count). The van der Waals surface area contributed by atoms with E-state index < -0.39 is 0 Å². The van der Waals surface area contributed by atoms with E-state index >= 15 is 0 Å². The van der Waals surface area contributed by atoms with Crippen molar-refractivity contribution in [3.05, 3.63) is 77.5 Å². The lowest BCUT2D eigenvalue weighted by atomic mass is 10.1. The smallest absolute Gasteiger partial charge is 0.329 e. The molecule has 1 aliphatic rings. The van der Waals surface area contributed by atoms with E-state index in [1.807, 2.05) is 31.2 Å². The van der Waals surface area contributed by atoms with Crippen molar-refractivity contribution in [3.8, 4) is 11.5 Å². The molecule has 0 aliphatic carbocycles. The standard InChI is InChI=1S/C25H24N2O4/c1-3-12-27-24(28)21(26-25(27)29)14-17-9-11-22(23(15-17)30-2)31-16-18-8-10-19-6-4-5-7-20(19)13-18/h4-11,13-15H,3,12,16H2,1-2H3,(H,26,29)/b21-14+. The Morgan fingerprint density at radius 2 is 1.77 bits per heavy atom. The van der Waals surface area contributed by atoms with Crippen molar-refractivity contribution in [1.82, 2.24) is 10.2 Å². The normalized spacial score (nSPS) is 14.9. The average Bonchev–Trinajstić information content (AvgIpc) is 3.05. The molecule has 1 N–H and O–H groups in total. The summed E-state index contributed by atoms with van der Waals surface area (Å²) >= 11 is 0. The number of amides is 3. The highest BCUT2D eigenvalue weighted by molar-refractivity contribution is 6.13. The van der Waals surface area contributed by atoms with Crippen LogP contribution >= 0.6 is 0 Å². The third kappa shape index (κ3) is 4.38. The number of fused-ring (bicyclic) bond motifs is 1. The van der Waals surface area contributed by atoms with Crippen molar-refractivity contribution in [1.29, 1.82) is 0 Å². The zero-order chi connectivity index (χ0) is 21.8. The molecule has 1 aliphatic heterocycles. The van der Waals surface area contributed by atoms with Crippen LogP contribution in [0.3, 0.4) is 0 Å². The Morgan fingerprint density at radius 1 is 0.968 bits per heavy atom. The minimum absolute atomic E-state index is 0.255. The molecule has 31 heavy (non-hydrogen) atoms. The van der Waals surface area contributed by atoms with Gasteiger partial charge in [-0.2, -0.15) is 0 Å². The van der Waals surface area contributed by atoms with E-state index in [1.165, 1.54) is 10.3 Å². The molecule has 158 valence electrons. The highest BCUT2D eigenvalue weighted by atomic mass is 16.5. The summed E-state index contributed by atoms with van der Waals surface area (Å²) in [5.74, 6) is 0.840. The van der Waals surface area contributed by atoms with Gasteiger partial charge in [0.05, 0.1) is 7.11 Å². The van der Waals surface area contributed by atoms with E-state index in [0.717, 1.165) is 16.5 Å². The summed E-state index contributed by atoms with van der Waals surface area (Å²) in [6, 6.07) is 19.4. The number of rotatable bonds is 7. The molecular formula is C25H24N2O4. The third-order valence-electron chi connectivity index (χ3n) is 5.12. The predicted octanol–water partition coefficient (Wildman–Crippen LogP) is 4.73. The van der Waals surface area contributed by atoms with Crippen LogP contribution in [0.4, 0.5) is 4.79 Å². The molecule has 0 atom stereocenters. The van der Waals surface area contributed by atoms with Crippen molar-refractivity contribution in [3.63, 3.8) is 0 Å². The van der Waals surface area contributed by atoms with Gasteiger partial charge in [-0.25, -0.2) is 4.79 Å². The van der Waals surface area contributed by atoms with Gasteiger partial charge in [-0.3, -0.25) is 9.69 Å². The van der Waals surface area contributed by atoms with Crippen LogP contribution in [-0.2, 0) is 11.4 Å². The maximum Gasteiger partial charge on any atom is 0.329 e. The van der Waals surface area contributed by atoms with E-state index in [2.05, 4.69) is 29.6 Å². The third-order valence-corrected chi connectivity index (χ3v) is 5.12. The number of benzene rings is 3. The Morgan fingerprint density at radius 3 is 2.55 bits per heavy atom. The lowest BCUT2D eigenvalue weighted by molar-refractivity contribution is -0.122. The van der Waals surface area contributed by atoms with Crippen LogP contribution in [0.2, 0.25) is 0 Å². The number of carbonyl (C=O) groups is 2. The quantitative estimate of drug-likeness (QED) is 0.447. The molecule has 0 saturated carbocycles. The molecule has 0 radical (unpaired) electrons. The summed E-state index contributed by atoms with van der Waals surface area (Å²) < 4.78 is 11.5. The largest absolute Gasteiger partial charge is 0.493 e. The molecule has 6 heteroatoms. The Kier molecular flexibility index (Phi) is 5.89. The highest BCUT2D eigenvalue weighted by Gasteiger charge is 2.32. The fraction of sp³-hybridized carbons (Fsp3) is 0.200. The Balaban J connectivity index is 1.50. The summed E-state index contributed by atoms with van der Waals surface area (Å²) in [5.41, 5.74) is 2.05. The summed E-state index contributed by atoms with van der Waals surface area (Å²) in [6.07, 6.45) is 2.36. The van der Waals surface area contributed by atoms with Gasteiger partial charge >= 0.3 is 6.03 Å². The van der Waals surface area contributed by atoms with Crippen LogP contribution in [-0.4, -0.2) is 30.5 Å². The van der Waals surface area contributed by atoms with E-state index in [4.69, 9.17) is 9.47 Å². The van der Waals surface area contributed by atoms with Crippen molar-refractivity contribution in [2.24, 2.45) is 0 Å². The van der Waals surface area contributed by atoms with Crippen LogP contribution in [0.25, 0.3) is 16.8 Å². The van der Waals surface area contributed by atoms with Crippen molar-refractivity contribution < 1.29 is 19.1 Å². The number of ether oxygens (including phenoxy) is 2. The minimum Gasteiger partial charge on any atom is -0.493 e. The summed E-state index contributed by atoms with van der Waals surface area (Å²) in [4.78, 5) is 25.6. The van der Waals surface area contributed by atoms with Gasteiger partial charge in [-0.15, -0.1) is 0 Å². The van der Waals surface area contributed by atoms with Crippen molar-refractivity contribution in [2.75, 3.05) is 13.7 Å². The van der Waals surface area contributed by atoms with Crippen LogP contribution in [0.5, 0.6) is 11.5 Å². The molecule has 1 fully saturated rings. The molecule has 3 aromatic carbocycles. The first kappa shape index (κ1) is 20.5. The second-order valence-electron chi connectivity index (χ2n) is 7.33. The van der Waals surface area contributed by atoms with Gasteiger partial charge in [0.2, 0.25) is 0 Å². The predicted molar refractivity (Wildman–Crippen MR) is 120 cm³/mol. The first-order chi connectivity index (χ1) is 15.1. The van der Waals surface area contributed by atoms with Gasteiger partial charge in [0.15, 0.2) is 11.5 Å². The molecule has 0 bridgehead atoms. The van der Waals surface area contributed by atoms with Gasteiger partial charge in [-0.1, -0.05) is 49.4 Å². The zero-order valence-corrected chi connectivity index (χ0v) is 17.6. The molecule has 0 spiro atoms. The topological polar surface area (TPSA) is 67.9 Å². The van der Waals surface area contributed by atoms with Crippen LogP contribution in [0, 0.1) is 0 Å². The number of urea groups is 1. The molecular weight excluding hydrogens is 392 g/mol. The van der Waals surface area contributed by atoms with E-state index in [9.17, 15) is 9.59 Å². The highest BCUT2D eigenvalue weighted by Crippen LogP contribution is 2.30. The molecule has 3 aromatic rings. The number of nitrogens with zero attached hydrogens (tertiary/aromatic N) is 1. The number of hydrogen-bond acceptors (Lipinski definition) is 4. The lowest BCUT2D eigenvalue weighted by Crippen LogP contribution is -2.31.